The van der Waals surface area contributed by atoms with Crippen molar-refractivity contribution < 1.29 is 14.3 Å². The standard InChI is InChI=1S/C13H10N2O3/c1-8(16)15-7-12(18-9(2)17)11-5-3-4-10(6-14)13(11)15/h3-5,7H,1-2H3. The van der Waals surface area contributed by atoms with Crippen molar-refractivity contribution in [2.75, 3.05) is 0 Å². The topological polar surface area (TPSA) is 72.1 Å². The summed E-state index contributed by atoms with van der Waals surface area (Å²) in [6.07, 6.45) is 1.43. The van der Waals surface area contributed by atoms with E-state index in [1.54, 1.807) is 18.2 Å². The number of para-hydroxylation sites is 1. The van der Waals surface area contributed by atoms with Gasteiger partial charge in [0.1, 0.15) is 6.07 Å². The number of ether oxygens (including phenoxy) is 1. The molecular weight excluding hydrogens is 232 g/mol. The first kappa shape index (κ1) is 11.9. The van der Waals surface area contributed by atoms with Crippen LogP contribution in [-0.4, -0.2) is 16.4 Å². The van der Waals surface area contributed by atoms with Gasteiger partial charge in [0.2, 0.25) is 5.91 Å². The Morgan fingerprint density at radius 3 is 2.61 bits per heavy atom. The van der Waals surface area contributed by atoms with Crippen LogP contribution in [-0.2, 0) is 4.79 Å². The molecule has 5 nitrogen and oxygen atoms in total. The number of carbonyl (C=O) groups excluding carboxylic acids is 2. The zero-order valence-electron chi connectivity index (χ0n) is 9.93. The van der Waals surface area contributed by atoms with Crippen LogP contribution < -0.4 is 4.74 Å². The fourth-order valence-corrected chi connectivity index (χ4v) is 1.83. The highest BCUT2D eigenvalue weighted by Crippen LogP contribution is 2.30. The number of carbonyl (C=O) groups is 2. The van der Waals surface area contributed by atoms with Gasteiger partial charge in [0, 0.05) is 19.2 Å². The molecule has 0 aliphatic heterocycles. The van der Waals surface area contributed by atoms with Crippen molar-refractivity contribution in [1.82, 2.24) is 4.57 Å². The average molecular weight is 242 g/mol. The molecule has 0 spiro atoms. The third-order valence-electron chi connectivity index (χ3n) is 2.50. The molecule has 0 bridgehead atoms. The first-order valence-electron chi connectivity index (χ1n) is 5.28. The molecule has 0 radical (unpaired) electrons. The molecule has 0 aliphatic rings. The van der Waals surface area contributed by atoms with Gasteiger partial charge >= 0.3 is 5.97 Å². The minimum atomic E-state index is -0.472. The minimum absolute atomic E-state index is 0.249. The number of benzene rings is 1. The lowest BCUT2D eigenvalue weighted by molar-refractivity contribution is -0.131. The Labute approximate surface area is 103 Å². The molecule has 1 heterocycles. The molecule has 1 aromatic carbocycles. The van der Waals surface area contributed by atoms with E-state index in [0.717, 1.165) is 0 Å². The van der Waals surface area contributed by atoms with E-state index in [1.165, 1.54) is 24.6 Å². The maximum Gasteiger partial charge on any atom is 0.308 e. The second kappa shape index (κ2) is 4.34. The molecule has 2 rings (SSSR count). The Morgan fingerprint density at radius 2 is 2.06 bits per heavy atom. The van der Waals surface area contributed by atoms with Crippen molar-refractivity contribution in [2.24, 2.45) is 0 Å². The summed E-state index contributed by atoms with van der Waals surface area (Å²) in [6.45, 7) is 2.66. The van der Waals surface area contributed by atoms with Crippen molar-refractivity contribution in [2.45, 2.75) is 13.8 Å². The van der Waals surface area contributed by atoms with Gasteiger partial charge in [-0.3, -0.25) is 14.2 Å². The first-order valence-corrected chi connectivity index (χ1v) is 5.28. The molecule has 0 N–H and O–H groups in total. The molecule has 0 unspecified atom stereocenters. The Balaban J connectivity index is 2.81. The highest BCUT2D eigenvalue weighted by atomic mass is 16.5. The molecule has 18 heavy (non-hydrogen) atoms. The lowest BCUT2D eigenvalue weighted by atomic mass is 10.1. The number of hydrogen-bond donors (Lipinski definition) is 0. The van der Waals surface area contributed by atoms with E-state index in [1.807, 2.05) is 6.07 Å². The zero-order chi connectivity index (χ0) is 13.3. The number of nitrogens with zero attached hydrogens (tertiary/aromatic N) is 2. The van der Waals surface area contributed by atoms with Crippen LogP contribution in [0.4, 0.5) is 0 Å². The first-order chi connectivity index (χ1) is 8.54. The maximum absolute atomic E-state index is 11.5. The second-order valence-electron chi connectivity index (χ2n) is 3.79. The SMILES string of the molecule is CC(=O)Oc1cn(C(C)=O)c2c(C#N)cccc12. The van der Waals surface area contributed by atoms with E-state index in [4.69, 9.17) is 10.00 Å². The third-order valence-corrected chi connectivity index (χ3v) is 2.50. The number of hydrogen-bond acceptors (Lipinski definition) is 4. The summed E-state index contributed by atoms with van der Waals surface area (Å²) in [6, 6.07) is 7.01. The second-order valence-corrected chi connectivity index (χ2v) is 3.79. The van der Waals surface area contributed by atoms with Crippen LogP contribution in [0.2, 0.25) is 0 Å². The summed E-state index contributed by atoms with van der Waals surface area (Å²) in [5, 5.41) is 9.62. The van der Waals surface area contributed by atoms with Crippen LogP contribution in [0, 0.1) is 11.3 Å². The molecule has 5 heteroatoms. The molecule has 0 aliphatic carbocycles. The third kappa shape index (κ3) is 1.84. The van der Waals surface area contributed by atoms with Crippen LogP contribution in [0.25, 0.3) is 10.9 Å². The van der Waals surface area contributed by atoms with E-state index < -0.39 is 5.97 Å². The Hall–Kier alpha value is -2.61. The molecular formula is C13H10N2O3. The highest BCUT2D eigenvalue weighted by Gasteiger charge is 2.16. The van der Waals surface area contributed by atoms with Gasteiger partial charge in [-0.2, -0.15) is 5.26 Å². The van der Waals surface area contributed by atoms with E-state index in [0.29, 0.717) is 16.5 Å². The van der Waals surface area contributed by atoms with Gasteiger partial charge in [0.15, 0.2) is 5.75 Å². The fraction of sp³-hybridized carbons (Fsp3) is 0.154. The molecule has 0 amide bonds. The van der Waals surface area contributed by atoms with Crippen LogP contribution in [0.15, 0.2) is 24.4 Å². The largest absolute Gasteiger partial charge is 0.424 e. The maximum atomic E-state index is 11.5. The summed E-state index contributed by atoms with van der Waals surface area (Å²) in [5.74, 6) is -0.439. The summed E-state index contributed by atoms with van der Waals surface area (Å²) in [4.78, 5) is 22.5. The lowest BCUT2D eigenvalue weighted by Gasteiger charge is -2.00. The van der Waals surface area contributed by atoms with Crippen molar-refractivity contribution in [3.05, 3.63) is 30.0 Å². The van der Waals surface area contributed by atoms with Gasteiger partial charge < -0.3 is 4.74 Å². The monoisotopic (exact) mass is 242 g/mol. The van der Waals surface area contributed by atoms with Gasteiger partial charge in [-0.25, -0.2) is 0 Å². The predicted octanol–water partition coefficient (Wildman–Crippen LogP) is 2.10. The zero-order valence-corrected chi connectivity index (χ0v) is 9.93. The summed E-state index contributed by atoms with van der Waals surface area (Å²) in [7, 11) is 0. The van der Waals surface area contributed by atoms with Crippen molar-refractivity contribution in [3.8, 4) is 11.8 Å². The van der Waals surface area contributed by atoms with Crippen molar-refractivity contribution in [3.63, 3.8) is 0 Å². The summed E-state index contributed by atoms with van der Waals surface area (Å²) in [5.41, 5.74) is 0.824. The number of fused-ring (bicyclic) bond motifs is 1. The number of aromatic nitrogens is 1. The smallest absolute Gasteiger partial charge is 0.308 e. The number of rotatable bonds is 1. The predicted molar refractivity (Wildman–Crippen MR) is 64.3 cm³/mol. The van der Waals surface area contributed by atoms with Gasteiger partial charge in [-0.1, -0.05) is 6.07 Å². The molecule has 90 valence electrons. The van der Waals surface area contributed by atoms with Gasteiger partial charge in [0.05, 0.1) is 17.3 Å². The Bertz CT molecular complexity index is 692. The van der Waals surface area contributed by atoms with Crippen molar-refractivity contribution >= 4 is 22.8 Å². The van der Waals surface area contributed by atoms with Gasteiger partial charge in [-0.15, -0.1) is 0 Å². The Kier molecular flexibility index (Phi) is 2.86. The molecule has 1 aromatic heterocycles. The van der Waals surface area contributed by atoms with Gasteiger partial charge in [-0.05, 0) is 12.1 Å². The fourth-order valence-electron chi connectivity index (χ4n) is 1.83. The number of esters is 1. The average Bonchev–Trinajstić information content (AvgIpc) is 2.67. The number of nitriles is 1. The quantitative estimate of drug-likeness (QED) is 0.718. The van der Waals surface area contributed by atoms with E-state index in [-0.39, 0.29) is 11.7 Å². The molecule has 0 saturated carbocycles. The molecule has 0 atom stereocenters. The molecule has 2 aromatic rings. The minimum Gasteiger partial charge on any atom is -0.424 e. The van der Waals surface area contributed by atoms with E-state index >= 15 is 0 Å². The van der Waals surface area contributed by atoms with Crippen LogP contribution >= 0.6 is 0 Å². The van der Waals surface area contributed by atoms with Crippen LogP contribution in [0.1, 0.15) is 24.2 Å². The molecule has 0 fully saturated rings. The highest BCUT2D eigenvalue weighted by molar-refractivity contribution is 5.99. The van der Waals surface area contributed by atoms with Crippen molar-refractivity contribution in [1.29, 1.82) is 5.26 Å². The van der Waals surface area contributed by atoms with Crippen LogP contribution in [0.5, 0.6) is 5.75 Å². The summed E-state index contributed by atoms with van der Waals surface area (Å²) < 4.78 is 6.35. The van der Waals surface area contributed by atoms with E-state index in [9.17, 15) is 9.59 Å². The van der Waals surface area contributed by atoms with E-state index in [2.05, 4.69) is 0 Å². The summed E-state index contributed by atoms with van der Waals surface area (Å²) >= 11 is 0. The van der Waals surface area contributed by atoms with Crippen LogP contribution in [0.3, 0.4) is 0 Å². The van der Waals surface area contributed by atoms with Gasteiger partial charge in [0.25, 0.3) is 0 Å². The normalized spacial score (nSPS) is 10.1. The molecule has 0 saturated heterocycles. The Morgan fingerprint density at radius 1 is 1.33 bits per heavy atom. The lowest BCUT2D eigenvalue weighted by Crippen LogP contribution is -2.04.